The van der Waals surface area contributed by atoms with Gasteiger partial charge >= 0.3 is 11.9 Å². The van der Waals surface area contributed by atoms with Crippen molar-refractivity contribution in [3.63, 3.8) is 0 Å². The number of hydrogen-bond donors (Lipinski definition) is 1. The summed E-state index contributed by atoms with van der Waals surface area (Å²) in [5.74, 6) is 3.41. The minimum atomic E-state index is -1.91. The van der Waals surface area contributed by atoms with E-state index in [1.807, 2.05) is 24.3 Å². The lowest BCUT2D eigenvalue weighted by Crippen LogP contribution is -2.44. The average molecular weight is 997 g/mol. The maximum absolute atomic E-state index is 11.8. The maximum atomic E-state index is 11.8. The Bertz CT molecular complexity index is 2840. The number of aryl methyl sites for hydroxylation is 4. The summed E-state index contributed by atoms with van der Waals surface area (Å²) in [6, 6.07) is 33.6. The summed E-state index contributed by atoms with van der Waals surface area (Å²) in [7, 11) is -0.558. The summed E-state index contributed by atoms with van der Waals surface area (Å²) in [6.07, 6.45) is 4.93. The smallest absolute Gasteiger partial charge is 0.373 e. The molecule has 1 aliphatic rings. The van der Waals surface area contributed by atoms with Gasteiger partial charge in [-0.25, -0.2) is 4.79 Å². The molecule has 0 bridgehead atoms. The molecule has 4 aromatic carbocycles. The van der Waals surface area contributed by atoms with E-state index in [-0.39, 0.29) is 33.7 Å². The van der Waals surface area contributed by atoms with Crippen molar-refractivity contribution in [2.75, 3.05) is 13.7 Å². The summed E-state index contributed by atoms with van der Waals surface area (Å²) in [5, 5.41) is 10.4. The Hall–Kier alpha value is -5.84. The number of rotatable bonds is 17. The second-order valence-electron chi connectivity index (χ2n) is 21.8. The predicted octanol–water partition coefficient (Wildman–Crippen LogP) is 15.8. The van der Waals surface area contributed by atoms with Gasteiger partial charge in [0.2, 0.25) is 14.1 Å². The van der Waals surface area contributed by atoms with Crippen LogP contribution in [0.5, 0.6) is 11.5 Å². The molecule has 7 rings (SSSR count). The van der Waals surface area contributed by atoms with Gasteiger partial charge in [0.1, 0.15) is 47.1 Å². The van der Waals surface area contributed by atoms with Gasteiger partial charge in [-0.15, -0.1) is 0 Å². The summed E-state index contributed by atoms with van der Waals surface area (Å²) < 4.78 is 34.5. The molecule has 2 aromatic heterocycles. The number of carbonyl (C=O) groups is 2. The molecule has 1 fully saturated rings. The van der Waals surface area contributed by atoms with Crippen LogP contribution in [-0.4, -0.2) is 45.2 Å². The molecule has 0 radical (unpaired) electrons. The van der Waals surface area contributed by atoms with Crippen LogP contribution < -0.4 is 9.16 Å². The molecule has 1 aliphatic heterocycles. The van der Waals surface area contributed by atoms with Crippen molar-refractivity contribution in [2.24, 2.45) is 0 Å². The van der Waals surface area contributed by atoms with Crippen LogP contribution in [0.15, 0.2) is 106 Å². The molecule has 386 valence electrons. The highest BCUT2D eigenvalue weighted by Gasteiger charge is 2.40. The first kappa shape index (κ1) is 55.5. The van der Waals surface area contributed by atoms with E-state index < -0.39 is 19.9 Å². The number of benzene rings is 4. The van der Waals surface area contributed by atoms with Gasteiger partial charge in [-0.1, -0.05) is 109 Å². The molecule has 0 unspecified atom stereocenters. The Morgan fingerprint density at radius 1 is 0.639 bits per heavy atom. The topological polar surface area (TPSA) is 118 Å². The SMILES string of the molecule is CCC(CC)(c1ccc(OC[C@H]2CCC(=O)O2)c(C)c1)c1ccc(-c2ccc(C(C)(C)O)o2)c(C)c1.CCC(CC)(c1ccc(O[Si](C)(C)C(C)(C)C)c(C)c1)c1ccc(-c2ccc(C(=O)OC)o2)c(C)c1. The van der Waals surface area contributed by atoms with E-state index in [0.717, 1.165) is 77.2 Å². The first-order chi connectivity index (χ1) is 33.9. The number of hydrogen-bond acceptors (Lipinski definition) is 9. The first-order valence-corrected chi connectivity index (χ1v) is 28.7. The number of methoxy groups -OCH3 is 1. The Morgan fingerprint density at radius 3 is 1.50 bits per heavy atom. The van der Waals surface area contributed by atoms with Crippen molar-refractivity contribution in [2.45, 2.75) is 169 Å². The van der Waals surface area contributed by atoms with E-state index in [1.54, 1.807) is 19.9 Å². The highest BCUT2D eigenvalue weighted by molar-refractivity contribution is 6.74. The minimum Gasteiger partial charge on any atom is -0.543 e. The van der Waals surface area contributed by atoms with E-state index in [9.17, 15) is 14.7 Å². The fraction of sp³-hybridized carbons (Fsp3) is 0.452. The molecule has 0 spiro atoms. The van der Waals surface area contributed by atoms with Gasteiger partial charge in [-0.3, -0.25) is 4.79 Å². The number of aliphatic hydroxyl groups is 1. The maximum Gasteiger partial charge on any atom is 0.373 e. The van der Waals surface area contributed by atoms with E-state index in [0.29, 0.717) is 24.5 Å². The molecule has 1 atom stereocenters. The lowest BCUT2D eigenvalue weighted by molar-refractivity contribution is -0.142. The minimum absolute atomic E-state index is 0.107. The number of esters is 2. The fourth-order valence-electron chi connectivity index (χ4n) is 9.93. The number of cyclic esters (lactones) is 1. The number of ether oxygens (including phenoxy) is 3. The van der Waals surface area contributed by atoms with Gasteiger partial charge in [0.15, 0.2) is 0 Å². The quantitative estimate of drug-likeness (QED) is 0.0704. The lowest BCUT2D eigenvalue weighted by atomic mass is 9.70. The fourth-order valence-corrected chi connectivity index (χ4v) is 11.0. The van der Waals surface area contributed by atoms with Crippen LogP contribution in [0, 0.1) is 27.7 Å². The zero-order valence-electron chi connectivity index (χ0n) is 46.0. The Kier molecular flexibility index (Phi) is 17.0. The van der Waals surface area contributed by atoms with Crippen molar-refractivity contribution < 1.29 is 42.2 Å². The van der Waals surface area contributed by atoms with Gasteiger partial charge in [-0.2, -0.15) is 0 Å². The van der Waals surface area contributed by atoms with Gasteiger partial charge in [0, 0.05) is 28.4 Å². The predicted molar refractivity (Wildman–Crippen MR) is 292 cm³/mol. The van der Waals surface area contributed by atoms with Crippen LogP contribution >= 0.6 is 0 Å². The lowest BCUT2D eigenvalue weighted by Gasteiger charge is -2.38. The van der Waals surface area contributed by atoms with E-state index >= 15 is 0 Å². The highest BCUT2D eigenvalue weighted by Crippen LogP contribution is 2.45. The number of carbonyl (C=O) groups excluding carboxylic acids is 2. The molecule has 3 heterocycles. The van der Waals surface area contributed by atoms with Crippen molar-refractivity contribution in [1.82, 2.24) is 0 Å². The molecular formula is C62H80O9Si. The van der Waals surface area contributed by atoms with E-state index in [2.05, 4.69) is 156 Å². The van der Waals surface area contributed by atoms with Crippen LogP contribution in [0.4, 0.5) is 0 Å². The van der Waals surface area contributed by atoms with Gasteiger partial charge < -0.3 is 32.6 Å². The van der Waals surface area contributed by atoms with E-state index in [4.69, 9.17) is 27.5 Å². The van der Waals surface area contributed by atoms with Crippen LogP contribution in [0.1, 0.15) is 162 Å². The van der Waals surface area contributed by atoms with Crippen molar-refractivity contribution >= 4 is 20.3 Å². The average Bonchev–Trinajstić information content (AvgIpc) is 4.13. The molecule has 72 heavy (non-hydrogen) atoms. The summed E-state index contributed by atoms with van der Waals surface area (Å²) in [5.41, 5.74) is 10.4. The summed E-state index contributed by atoms with van der Waals surface area (Å²) in [4.78, 5) is 23.2. The molecule has 1 N–H and O–H groups in total. The second kappa shape index (κ2) is 22.1. The molecule has 1 saturated heterocycles. The third-order valence-corrected chi connectivity index (χ3v) is 20.1. The van der Waals surface area contributed by atoms with Crippen LogP contribution in [0.2, 0.25) is 18.1 Å². The first-order valence-electron chi connectivity index (χ1n) is 25.8. The zero-order valence-corrected chi connectivity index (χ0v) is 47.0. The molecule has 9 nitrogen and oxygen atoms in total. The van der Waals surface area contributed by atoms with Crippen LogP contribution in [0.25, 0.3) is 22.6 Å². The van der Waals surface area contributed by atoms with Crippen molar-refractivity contribution in [1.29, 1.82) is 0 Å². The van der Waals surface area contributed by atoms with Crippen molar-refractivity contribution in [3.05, 3.63) is 153 Å². The number of furan rings is 2. The Balaban J connectivity index is 0.000000235. The monoisotopic (exact) mass is 997 g/mol. The normalized spacial score (nSPS) is 14.4. The standard InChI is InChI=1S/C31H38O5.C31H42O4Si/c1-7-31(8-2,23-10-13-26(21(4)18-23)34-19-24-11-16-29(32)35-24)22-9-12-25(20(3)17-22)27-14-15-28(36-27)30(5,6)33;1-11-31(12-2,24-14-16-26(22(4)20-24)35-36(9,10)30(5,6)7)23-13-15-25(21(3)19-23)27-17-18-28(34-27)29(32)33-8/h9-10,12-15,17-18,24,33H,7-8,11,16,19H2,1-6H3;13-20H,11-12H2,1-10H3/t24-;/m1./s1. The van der Waals surface area contributed by atoms with Crippen LogP contribution in [0.3, 0.4) is 0 Å². The summed E-state index contributed by atoms with van der Waals surface area (Å²) >= 11 is 0. The zero-order chi connectivity index (χ0) is 53.0. The van der Waals surface area contributed by atoms with Crippen molar-refractivity contribution in [3.8, 4) is 34.1 Å². The third-order valence-electron chi connectivity index (χ3n) is 15.7. The Morgan fingerprint density at radius 2 is 1.10 bits per heavy atom. The second-order valence-corrected chi connectivity index (χ2v) is 26.5. The van der Waals surface area contributed by atoms with Crippen LogP contribution in [-0.2, 0) is 30.7 Å². The molecule has 6 aromatic rings. The molecule has 10 heteroatoms. The molecule has 0 saturated carbocycles. The van der Waals surface area contributed by atoms with Gasteiger partial charge in [-0.05, 0) is 173 Å². The Labute approximate surface area is 430 Å². The van der Waals surface area contributed by atoms with Gasteiger partial charge in [0.05, 0.1) is 7.11 Å². The molecule has 0 aliphatic carbocycles. The van der Waals surface area contributed by atoms with Gasteiger partial charge in [0.25, 0.3) is 0 Å². The molecule has 0 amide bonds. The largest absolute Gasteiger partial charge is 0.543 e. The molecular weight excluding hydrogens is 917 g/mol. The highest BCUT2D eigenvalue weighted by atomic mass is 28.4. The summed E-state index contributed by atoms with van der Waals surface area (Å²) in [6.45, 7) is 32.7. The van der Waals surface area contributed by atoms with E-state index in [1.165, 1.54) is 34.9 Å². The third kappa shape index (κ3) is 11.7.